The fraction of sp³-hybridized carbons (Fsp3) is 0.571. The van der Waals surface area contributed by atoms with Crippen LogP contribution in [0.1, 0.15) is 24.8 Å². The first kappa shape index (κ1) is 15.1. The summed E-state index contributed by atoms with van der Waals surface area (Å²) in [5, 5.41) is 3.26. The van der Waals surface area contributed by atoms with E-state index in [-0.39, 0.29) is 5.75 Å². The van der Waals surface area contributed by atoms with Gasteiger partial charge in [0.05, 0.1) is 12.2 Å². The number of alkyl halides is 3. The second kappa shape index (κ2) is 6.43. The number of benzene rings is 1. The van der Waals surface area contributed by atoms with Crippen LogP contribution in [-0.2, 0) is 6.18 Å². The highest BCUT2D eigenvalue weighted by molar-refractivity contribution is 5.30. The number of ether oxygens (including phenoxy) is 1. The molecule has 0 spiro atoms. The molecule has 0 radical (unpaired) electrons. The molecule has 1 unspecified atom stereocenters. The smallest absolute Gasteiger partial charge is 0.416 e. The van der Waals surface area contributed by atoms with Crippen LogP contribution in [0.2, 0.25) is 0 Å². The number of piperidine rings is 1. The molecule has 1 saturated heterocycles. The molecule has 1 atom stereocenters. The third-order valence-electron chi connectivity index (χ3n) is 3.44. The van der Waals surface area contributed by atoms with Crippen LogP contribution in [0.5, 0.6) is 5.75 Å². The molecular weight excluding hydrogens is 274 g/mol. The van der Waals surface area contributed by atoms with Gasteiger partial charge in [-0.15, -0.1) is 0 Å². The van der Waals surface area contributed by atoms with Crippen molar-refractivity contribution in [2.75, 3.05) is 19.7 Å². The first-order chi connectivity index (χ1) is 9.47. The van der Waals surface area contributed by atoms with Crippen molar-refractivity contribution in [2.45, 2.75) is 25.4 Å². The lowest BCUT2D eigenvalue weighted by molar-refractivity contribution is -0.137. The Kier molecular flexibility index (Phi) is 4.86. The Labute approximate surface area is 115 Å². The Morgan fingerprint density at radius 3 is 2.70 bits per heavy atom. The molecule has 0 saturated carbocycles. The normalized spacial score (nSPS) is 19.9. The second-order valence-electron chi connectivity index (χ2n) is 4.99. The highest BCUT2D eigenvalue weighted by Crippen LogP contribution is 2.32. The van der Waals surface area contributed by atoms with E-state index in [9.17, 15) is 17.6 Å². The van der Waals surface area contributed by atoms with E-state index in [1.54, 1.807) is 0 Å². The summed E-state index contributed by atoms with van der Waals surface area (Å²) in [6, 6.07) is 2.34. The first-order valence-corrected chi connectivity index (χ1v) is 6.67. The van der Waals surface area contributed by atoms with Crippen molar-refractivity contribution in [2.24, 2.45) is 5.92 Å². The van der Waals surface area contributed by atoms with E-state index < -0.39 is 17.6 Å². The molecule has 1 aliphatic rings. The molecule has 0 aliphatic carbocycles. The Balaban J connectivity index is 1.86. The van der Waals surface area contributed by atoms with Crippen LogP contribution >= 0.6 is 0 Å². The quantitative estimate of drug-likeness (QED) is 0.856. The SMILES string of the molecule is Fc1cc(C(F)(F)F)ccc1OCCC1CCCNC1. The predicted octanol–water partition coefficient (Wildman–Crippen LogP) is 3.61. The van der Waals surface area contributed by atoms with Crippen LogP contribution in [0.3, 0.4) is 0 Å². The molecular formula is C14H17F4NO. The minimum absolute atomic E-state index is 0.123. The molecule has 1 aromatic rings. The molecule has 1 fully saturated rings. The van der Waals surface area contributed by atoms with Gasteiger partial charge in [0, 0.05) is 0 Å². The van der Waals surface area contributed by atoms with Gasteiger partial charge in [0.15, 0.2) is 11.6 Å². The molecule has 1 aromatic carbocycles. The molecule has 20 heavy (non-hydrogen) atoms. The minimum Gasteiger partial charge on any atom is -0.491 e. The maximum atomic E-state index is 13.5. The lowest BCUT2D eigenvalue weighted by Crippen LogP contribution is -2.30. The molecule has 1 heterocycles. The number of hydrogen-bond donors (Lipinski definition) is 1. The summed E-state index contributed by atoms with van der Waals surface area (Å²) in [5.41, 5.74) is -1.00. The van der Waals surface area contributed by atoms with E-state index in [0.717, 1.165) is 44.5 Å². The molecule has 2 nitrogen and oxygen atoms in total. The van der Waals surface area contributed by atoms with Crippen LogP contribution in [0.15, 0.2) is 18.2 Å². The standard InChI is InChI=1S/C14H17F4NO/c15-12-8-11(14(16,17)18)3-4-13(12)20-7-5-10-2-1-6-19-9-10/h3-4,8,10,19H,1-2,5-7,9H2. The van der Waals surface area contributed by atoms with Crippen molar-refractivity contribution in [1.29, 1.82) is 0 Å². The topological polar surface area (TPSA) is 21.3 Å². The molecule has 1 N–H and O–H groups in total. The summed E-state index contributed by atoms with van der Waals surface area (Å²) in [5.74, 6) is -0.607. The number of hydrogen-bond acceptors (Lipinski definition) is 2. The number of nitrogens with one attached hydrogen (secondary N) is 1. The molecule has 112 valence electrons. The highest BCUT2D eigenvalue weighted by atomic mass is 19.4. The van der Waals surface area contributed by atoms with Gasteiger partial charge in [0.1, 0.15) is 0 Å². The van der Waals surface area contributed by atoms with E-state index >= 15 is 0 Å². The maximum absolute atomic E-state index is 13.5. The van der Waals surface area contributed by atoms with Crippen LogP contribution in [-0.4, -0.2) is 19.7 Å². The minimum atomic E-state index is -4.53. The monoisotopic (exact) mass is 291 g/mol. The van der Waals surface area contributed by atoms with Gasteiger partial charge in [0.25, 0.3) is 0 Å². The summed E-state index contributed by atoms with van der Waals surface area (Å²) in [6.45, 7) is 2.25. The van der Waals surface area contributed by atoms with Gasteiger partial charge in [-0.25, -0.2) is 4.39 Å². The van der Waals surface area contributed by atoms with Gasteiger partial charge in [-0.05, 0) is 56.5 Å². The average Bonchev–Trinajstić information content (AvgIpc) is 2.40. The van der Waals surface area contributed by atoms with Crippen molar-refractivity contribution >= 4 is 0 Å². The summed E-state index contributed by atoms with van der Waals surface area (Å²) in [6.07, 6.45) is -1.55. The molecule has 0 bridgehead atoms. The zero-order valence-electron chi connectivity index (χ0n) is 11.0. The Morgan fingerprint density at radius 1 is 1.30 bits per heavy atom. The lowest BCUT2D eigenvalue weighted by atomic mass is 9.97. The van der Waals surface area contributed by atoms with Gasteiger partial charge in [-0.2, -0.15) is 13.2 Å². The van der Waals surface area contributed by atoms with E-state index in [4.69, 9.17) is 4.74 Å². The summed E-state index contributed by atoms with van der Waals surface area (Å²) in [7, 11) is 0. The fourth-order valence-corrected chi connectivity index (χ4v) is 2.30. The van der Waals surface area contributed by atoms with Gasteiger partial charge < -0.3 is 10.1 Å². The van der Waals surface area contributed by atoms with E-state index in [2.05, 4.69) is 5.32 Å². The van der Waals surface area contributed by atoms with E-state index in [1.165, 1.54) is 0 Å². The lowest BCUT2D eigenvalue weighted by Gasteiger charge is -2.22. The van der Waals surface area contributed by atoms with E-state index in [0.29, 0.717) is 18.6 Å². The molecule has 6 heteroatoms. The van der Waals surface area contributed by atoms with Crippen LogP contribution in [0, 0.1) is 11.7 Å². The van der Waals surface area contributed by atoms with Crippen molar-refractivity contribution < 1.29 is 22.3 Å². The fourth-order valence-electron chi connectivity index (χ4n) is 2.30. The molecule has 1 aliphatic heterocycles. The maximum Gasteiger partial charge on any atom is 0.416 e. The second-order valence-corrected chi connectivity index (χ2v) is 4.99. The molecule has 0 aromatic heterocycles. The number of rotatable bonds is 4. The summed E-state index contributed by atoms with van der Waals surface area (Å²) in [4.78, 5) is 0. The Bertz CT molecular complexity index is 441. The van der Waals surface area contributed by atoms with E-state index in [1.807, 2.05) is 0 Å². The van der Waals surface area contributed by atoms with Gasteiger partial charge in [-0.3, -0.25) is 0 Å². The first-order valence-electron chi connectivity index (χ1n) is 6.67. The third kappa shape index (κ3) is 4.10. The van der Waals surface area contributed by atoms with Crippen LogP contribution < -0.4 is 10.1 Å². The van der Waals surface area contributed by atoms with Gasteiger partial charge in [0.2, 0.25) is 0 Å². The third-order valence-corrected chi connectivity index (χ3v) is 3.44. The number of halogens is 4. The average molecular weight is 291 g/mol. The van der Waals surface area contributed by atoms with Crippen LogP contribution in [0.4, 0.5) is 17.6 Å². The molecule has 0 amide bonds. The molecule has 2 rings (SSSR count). The Hall–Kier alpha value is -1.30. The summed E-state index contributed by atoms with van der Waals surface area (Å²) < 4.78 is 55.9. The van der Waals surface area contributed by atoms with Crippen molar-refractivity contribution in [3.8, 4) is 5.75 Å². The Morgan fingerprint density at radius 2 is 2.10 bits per heavy atom. The van der Waals surface area contributed by atoms with Crippen molar-refractivity contribution in [3.63, 3.8) is 0 Å². The predicted molar refractivity (Wildman–Crippen MR) is 67.1 cm³/mol. The van der Waals surface area contributed by atoms with Gasteiger partial charge >= 0.3 is 6.18 Å². The van der Waals surface area contributed by atoms with Crippen LogP contribution in [0.25, 0.3) is 0 Å². The summed E-state index contributed by atoms with van der Waals surface area (Å²) >= 11 is 0. The van der Waals surface area contributed by atoms with Crippen molar-refractivity contribution in [1.82, 2.24) is 5.32 Å². The van der Waals surface area contributed by atoms with Gasteiger partial charge in [-0.1, -0.05) is 0 Å². The largest absolute Gasteiger partial charge is 0.491 e. The highest BCUT2D eigenvalue weighted by Gasteiger charge is 2.31. The zero-order chi connectivity index (χ0) is 14.6. The zero-order valence-corrected chi connectivity index (χ0v) is 11.0. The van der Waals surface area contributed by atoms with Crippen molar-refractivity contribution in [3.05, 3.63) is 29.6 Å².